The van der Waals surface area contributed by atoms with Crippen LogP contribution in [0.5, 0.6) is 5.75 Å². The number of rotatable bonds is 6. The first-order valence-corrected chi connectivity index (χ1v) is 10.8. The first kappa shape index (κ1) is 22.0. The van der Waals surface area contributed by atoms with E-state index in [1.165, 1.54) is 5.56 Å². The van der Waals surface area contributed by atoms with Gasteiger partial charge in [-0.2, -0.15) is 5.10 Å². The third kappa shape index (κ3) is 4.55. The summed E-state index contributed by atoms with van der Waals surface area (Å²) < 4.78 is 6.88. The number of anilines is 1. The first-order chi connectivity index (χ1) is 16.0. The summed E-state index contributed by atoms with van der Waals surface area (Å²) in [5.74, 6) is 0.665. The van der Waals surface area contributed by atoms with Crippen molar-refractivity contribution < 1.29 is 9.53 Å². The smallest absolute Gasteiger partial charge is 0.256 e. The molecule has 33 heavy (non-hydrogen) atoms. The van der Waals surface area contributed by atoms with Crippen molar-refractivity contribution in [3.63, 3.8) is 0 Å². The maximum Gasteiger partial charge on any atom is 0.256 e. The average Bonchev–Trinajstić information content (AvgIpc) is 2.87. The number of hydrogen-bond donors (Lipinski definition) is 1. The highest BCUT2D eigenvalue weighted by Gasteiger charge is 2.21. The molecule has 0 unspecified atom stereocenters. The molecule has 1 N–H and O–H groups in total. The van der Waals surface area contributed by atoms with Gasteiger partial charge < -0.3 is 10.1 Å². The van der Waals surface area contributed by atoms with Crippen LogP contribution in [0.25, 0.3) is 16.8 Å². The van der Waals surface area contributed by atoms with Gasteiger partial charge in [0.05, 0.1) is 18.4 Å². The molecular weight excluding hydrogens is 414 g/mol. The molecule has 0 radical (unpaired) electrons. The molecule has 0 aliphatic rings. The van der Waals surface area contributed by atoms with Crippen LogP contribution in [0.3, 0.4) is 0 Å². The number of carbonyl (C=O) groups is 1. The minimum Gasteiger partial charge on any atom is -0.497 e. The molecule has 0 bridgehead atoms. The van der Waals surface area contributed by atoms with Crippen molar-refractivity contribution in [2.75, 3.05) is 12.4 Å². The molecule has 0 aliphatic carbocycles. The maximum atomic E-state index is 13.3. The Kier molecular flexibility index (Phi) is 6.36. The zero-order valence-electron chi connectivity index (χ0n) is 18.8. The van der Waals surface area contributed by atoms with E-state index in [2.05, 4.69) is 17.3 Å². The summed E-state index contributed by atoms with van der Waals surface area (Å²) in [7, 11) is 1.59. The van der Waals surface area contributed by atoms with Crippen LogP contribution in [-0.2, 0) is 6.42 Å². The van der Waals surface area contributed by atoms with Crippen LogP contribution in [0.15, 0.2) is 83.7 Å². The highest BCUT2D eigenvalue weighted by molar-refractivity contribution is 6.05. The first-order valence-electron chi connectivity index (χ1n) is 10.8. The van der Waals surface area contributed by atoms with Crippen LogP contribution in [0, 0.1) is 6.92 Å². The van der Waals surface area contributed by atoms with Crippen molar-refractivity contribution in [1.82, 2.24) is 9.78 Å². The Hall–Kier alpha value is -4.19. The fourth-order valence-electron chi connectivity index (χ4n) is 3.61. The number of benzene rings is 3. The van der Waals surface area contributed by atoms with Crippen molar-refractivity contribution in [1.29, 1.82) is 0 Å². The average molecular weight is 440 g/mol. The van der Waals surface area contributed by atoms with Gasteiger partial charge in [0, 0.05) is 5.56 Å². The Morgan fingerprint density at radius 3 is 2.24 bits per heavy atom. The molecule has 166 valence electrons. The second kappa shape index (κ2) is 9.53. The maximum absolute atomic E-state index is 13.3. The highest BCUT2D eigenvalue weighted by Crippen LogP contribution is 2.29. The molecule has 0 saturated carbocycles. The van der Waals surface area contributed by atoms with E-state index < -0.39 is 0 Å². The van der Waals surface area contributed by atoms with E-state index >= 15 is 0 Å². The highest BCUT2D eigenvalue weighted by atomic mass is 16.5. The largest absolute Gasteiger partial charge is 0.497 e. The van der Waals surface area contributed by atoms with Gasteiger partial charge in [0.25, 0.3) is 5.91 Å². The Bertz CT molecular complexity index is 1330. The number of methoxy groups -OCH3 is 1. The number of carbonyl (C=O) groups excluding carboxylic acids is 1. The van der Waals surface area contributed by atoms with Crippen LogP contribution in [-0.4, -0.2) is 22.8 Å². The number of ether oxygens (including phenoxy) is 1. The van der Waals surface area contributed by atoms with E-state index in [9.17, 15) is 9.59 Å². The van der Waals surface area contributed by atoms with Gasteiger partial charge in [-0.15, -0.1) is 0 Å². The summed E-state index contributed by atoms with van der Waals surface area (Å²) >= 11 is 0. The number of aryl methyl sites for hydroxylation is 2. The van der Waals surface area contributed by atoms with Crippen LogP contribution < -0.4 is 15.5 Å². The van der Waals surface area contributed by atoms with Crippen molar-refractivity contribution in [2.45, 2.75) is 20.3 Å². The molecule has 0 aliphatic heterocycles. The fourth-order valence-corrected chi connectivity index (χ4v) is 3.61. The summed E-state index contributed by atoms with van der Waals surface area (Å²) in [6.45, 7) is 3.76. The quantitative estimate of drug-likeness (QED) is 0.457. The van der Waals surface area contributed by atoms with E-state index in [0.717, 1.165) is 12.1 Å². The number of hydrogen-bond acceptors (Lipinski definition) is 4. The molecule has 6 nitrogen and oxygen atoms in total. The summed E-state index contributed by atoms with van der Waals surface area (Å²) in [5.41, 5.74) is 3.53. The van der Waals surface area contributed by atoms with Crippen molar-refractivity contribution >= 4 is 11.7 Å². The van der Waals surface area contributed by atoms with E-state index in [-0.39, 0.29) is 11.3 Å². The Morgan fingerprint density at radius 1 is 0.970 bits per heavy atom. The summed E-state index contributed by atoms with van der Waals surface area (Å²) in [5, 5.41) is 7.48. The van der Waals surface area contributed by atoms with Crippen molar-refractivity contribution in [3.8, 4) is 22.6 Å². The second-order valence-electron chi connectivity index (χ2n) is 7.62. The van der Waals surface area contributed by atoms with E-state index in [1.54, 1.807) is 67.2 Å². The Morgan fingerprint density at radius 2 is 1.64 bits per heavy atom. The van der Waals surface area contributed by atoms with E-state index in [1.807, 2.05) is 30.3 Å². The summed E-state index contributed by atoms with van der Waals surface area (Å²) in [6, 6.07) is 24.0. The predicted molar refractivity (Wildman–Crippen MR) is 130 cm³/mol. The number of amides is 1. The van der Waals surface area contributed by atoms with Gasteiger partial charge in [0.1, 0.15) is 17.3 Å². The third-order valence-electron chi connectivity index (χ3n) is 5.49. The van der Waals surface area contributed by atoms with E-state index in [4.69, 9.17) is 4.74 Å². The lowest BCUT2D eigenvalue weighted by atomic mass is 10.0. The lowest BCUT2D eigenvalue weighted by Crippen LogP contribution is -2.25. The number of nitrogens with one attached hydrogen (secondary N) is 1. The number of aromatic nitrogens is 2. The van der Waals surface area contributed by atoms with Gasteiger partial charge in [-0.25, -0.2) is 4.68 Å². The van der Waals surface area contributed by atoms with Crippen molar-refractivity contribution in [3.05, 3.63) is 106 Å². The molecule has 1 aromatic heterocycles. The molecule has 0 atom stereocenters. The molecule has 0 fully saturated rings. The molecule has 4 aromatic rings. The zero-order valence-corrected chi connectivity index (χ0v) is 18.8. The third-order valence-corrected chi connectivity index (χ3v) is 5.49. The van der Waals surface area contributed by atoms with Crippen LogP contribution in [0.4, 0.5) is 5.82 Å². The van der Waals surface area contributed by atoms with Crippen molar-refractivity contribution in [2.24, 2.45) is 0 Å². The van der Waals surface area contributed by atoms with Gasteiger partial charge in [-0.1, -0.05) is 49.4 Å². The van der Waals surface area contributed by atoms with Gasteiger partial charge in [-0.3, -0.25) is 9.59 Å². The molecule has 0 spiro atoms. The lowest BCUT2D eigenvalue weighted by Gasteiger charge is -2.19. The van der Waals surface area contributed by atoms with Crippen LogP contribution in [0.1, 0.15) is 28.5 Å². The molecule has 1 heterocycles. The molecule has 0 saturated heterocycles. The summed E-state index contributed by atoms with van der Waals surface area (Å²) in [4.78, 5) is 26.4. The van der Waals surface area contributed by atoms with Crippen LogP contribution in [0.2, 0.25) is 0 Å². The molecule has 4 rings (SSSR count). The Labute approximate surface area is 192 Å². The second-order valence-corrected chi connectivity index (χ2v) is 7.62. The van der Waals surface area contributed by atoms with Crippen LogP contribution >= 0.6 is 0 Å². The SMILES string of the molecule is CCc1ccc(-n2nc(C)c(=O)c(-c3ccc(OC)cc3)c2NC(=O)c2ccccc2)cc1. The summed E-state index contributed by atoms with van der Waals surface area (Å²) in [6.07, 6.45) is 0.908. The fraction of sp³-hybridized carbons (Fsp3) is 0.148. The van der Waals surface area contributed by atoms with Gasteiger partial charge in [-0.05, 0) is 60.9 Å². The number of nitrogens with zero attached hydrogens (tertiary/aromatic N) is 2. The topological polar surface area (TPSA) is 73.2 Å². The lowest BCUT2D eigenvalue weighted by molar-refractivity contribution is 0.102. The molecule has 3 aromatic carbocycles. The minimum absolute atomic E-state index is 0.245. The molecule has 1 amide bonds. The molecule has 6 heteroatoms. The minimum atomic E-state index is -0.325. The molecular formula is C27H25N3O3. The Balaban J connectivity index is 1.94. The normalized spacial score (nSPS) is 10.6. The monoisotopic (exact) mass is 439 g/mol. The van der Waals surface area contributed by atoms with Gasteiger partial charge in [0.15, 0.2) is 0 Å². The zero-order chi connectivity index (χ0) is 23.4. The predicted octanol–water partition coefficient (Wildman–Crippen LogP) is 5.03. The van der Waals surface area contributed by atoms with Gasteiger partial charge >= 0.3 is 0 Å². The standard InChI is InChI=1S/C27H25N3O3/c1-4-19-10-14-22(15-11-19)30-26(28-27(32)21-8-6-5-7-9-21)24(25(31)18(2)29-30)20-12-16-23(33-3)17-13-20/h5-17H,4H2,1-3H3,(H,28,32). The van der Waals surface area contributed by atoms with E-state index in [0.29, 0.717) is 34.0 Å². The van der Waals surface area contributed by atoms with Gasteiger partial charge in [0.2, 0.25) is 5.43 Å².